The van der Waals surface area contributed by atoms with Crippen LogP contribution in [-0.2, 0) is 5.41 Å². The molecule has 2 heteroatoms. The third kappa shape index (κ3) is 2.98. The van der Waals surface area contributed by atoms with E-state index in [0.717, 1.165) is 16.8 Å². The second kappa shape index (κ2) is 8.56. The zero-order chi connectivity index (χ0) is 26.7. The molecule has 0 unspecified atom stereocenters. The van der Waals surface area contributed by atoms with Crippen LogP contribution in [0.15, 0.2) is 146 Å². The third-order valence-corrected chi connectivity index (χ3v) is 8.51. The first-order valence-corrected chi connectivity index (χ1v) is 13.6. The predicted octanol–water partition coefficient (Wildman–Crippen LogP) is 10.1. The van der Waals surface area contributed by atoms with Crippen LogP contribution in [-0.4, -0.2) is 0 Å². The summed E-state index contributed by atoms with van der Waals surface area (Å²) in [6.07, 6.45) is 0. The molecule has 1 aliphatic heterocycles. The van der Waals surface area contributed by atoms with Crippen LogP contribution in [0.4, 0.5) is 22.7 Å². The Labute approximate surface area is 234 Å². The van der Waals surface area contributed by atoms with Crippen molar-refractivity contribution in [3.63, 3.8) is 0 Å². The van der Waals surface area contributed by atoms with Crippen molar-refractivity contribution in [3.05, 3.63) is 179 Å². The summed E-state index contributed by atoms with van der Waals surface area (Å²) in [4.78, 5) is 5.93. The van der Waals surface area contributed by atoms with Crippen molar-refractivity contribution < 1.29 is 0 Å². The molecule has 1 spiro atoms. The highest BCUT2D eigenvalue weighted by atomic mass is 15.2. The Balaban J connectivity index is 1.36. The molecule has 8 rings (SSSR count). The van der Waals surface area contributed by atoms with Gasteiger partial charge in [0.15, 0.2) is 5.69 Å². The smallest absolute Gasteiger partial charge is 0.187 e. The summed E-state index contributed by atoms with van der Waals surface area (Å²) in [7, 11) is 0. The lowest BCUT2D eigenvalue weighted by Crippen LogP contribution is -2.36. The van der Waals surface area contributed by atoms with Crippen molar-refractivity contribution in [1.29, 1.82) is 0 Å². The maximum Gasteiger partial charge on any atom is 0.187 e. The van der Waals surface area contributed by atoms with Crippen LogP contribution in [0.2, 0.25) is 0 Å². The minimum absolute atomic E-state index is 0.387. The van der Waals surface area contributed by atoms with Gasteiger partial charge in [0.25, 0.3) is 0 Å². The first-order chi connectivity index (χ1) is 19.8. The van der Waals surface area contributed by atoms with Gasteiger partial charge in [0.05, 0.1) is 23.4 Å². The molecule has 0 saturated carbocycles. The van der Waals surface area contributed by atoms with Crippen molar-refractivity contribution in [2.75, 3.05) is 4.90 Å². The Bertz CT molecular complexity index is 1860. The van der Waals surface area contributed by atoms with Gasteiger partial charge in [-0.05, 0) is 68.8 Å². The van der Waals surface area contributed by atoms with Crippen LogP contribution < -0.4 is 4.90 Å². The van der Waals surface area contributed by atoms with Crippen LogP contribution >= 0.6 is 0 Å². The number of nitrogens with zero attached hydrogens (tertiary/aromatic N) is 2. The maximum atomic E-state index is 7.24. The van der Waals surface area contributed by atoms with Crippen LogP contribution in [0.25, 0.3) is 27.1 Å². The molecule has 0 fully saturated rings. The van der Waals surface area contributed by atoms with Gasteiger partial charge in [-0.25, -0.2) is 4.85 Å². The largest absolute Gasteiger partial charge is 0.310 e. The van der Waals surface area contributed by atoms with Gasteiger partial charge in [-0.2, -0.15) is 0 Å². The molecular weight excluding hydrogens is 484 g/mol. The third-order valence-electron chi connectivity index (χ3n) is 8.51. The maximum absolute atomic E-state index is 7.24. The molecule has 40 heavy (non-hydrogen) atoms. The first kappa shape index (κ1) is 22.6. The highest BCUT2D eigenvalue weighted by Crippen LogP contribution is 2.63. The van der Waals surface area contributed by atoms with E-state index in [0.29, 0.717) is 5.69 Å². The molecular formula is C38H24N2. The van der Waals surface area contributed by atoms with Gasteiger partial charge in [-0.3, -0.25) is 0 Å². The monoisotopic (exact) mass is 508 g/mol. The zero-order valence-corrected chi connectivity index (χ0v) is 21.8. The van der Waals surface area contributed by atoms with Crippen molar-refractivity contribution in [2.45, 2.75) is 5.41 Å². The summed E-state index contributed by atoms with van der Waals surface area (Å²) in [6, 6.07) is 52.2. The number of rotatable bonds is 2. The molecule has 0 radical (unpaired) electrons. The van der Waals surface area contributed by atoms with Crippen molar-refractivity contribution in [1.82, 2.24) is 0 Å². The molecule has 0 amide bonds. The predicted molar refractivity (Wildman–Crippen MR) is 164 cm³/mol. The summed E-state index contributed by atoms with van der Waals surface area (Å²) in [5, 5.41) is 0. The Morgan fingerprint density at radius 1 is 0.450 bits per heavy atom. The molecule has 2 aliphatic rings. The SMILES string of the molecule is [C-]#[N+]c1ccc(-c2ccc(N3c4ccccc4C4(c5ccccc5-c5ccccc54)c4ccccc43)cc2)cc1. The molecule has 1 heterocycles. The summed E-state index contributed by atoms with van der Waals surface area (Å²) >= 11 is 0. The number of benzene rings is 6. The Morgan fingerprint density at radius 2 is 0.875 bits per heavy atom. The number of para-hydroxylation sites is 2. The first-order valence-electron chi connectivity index (χ1n) is 13.6. The average molecular weight is 509 g/mol. The second-order valence-electron chi connectivity index (χ2n) is 10.4. The van der Waals surface area contributed by atoms with Crippen LogP contribution in [0.5, 0.6) is 0 Å². The van der Waals surface area contributed by atoms with Crippen LogP contribution in [0.3, 0.4) is 0 Å². The molecule has 6 aromatic rings. The number of hydrogen-bond acceptors (Lipinski definition) is 1. The normalized spacial score (nSPS) is 13.6. The van der Waals surface area contributed by atoms with Crippen molar-refractivity contribution in [3.8, 4) is 22.3 Å². The van der Waals surface area contributed by atoms with Crippen molar-refractivity contribution >= 4 is 22.7 Å². The average Bonchev–Trinajstić information content (AvgIpc) is 3.33. The number of hydrogen-bond donors (Lipinski definition) is 0. The summed E-state index contributed by atoms with van der Waals surface area (Å²) in [5.41, 5.74) is 13.9. The quantitative estimate of drug-likeness (QED) is 0.211. The molecule has 0 aromatic heterocycles. The zero-order valence-electron chi connectivity index (χ0n) is 21.8. The Morgan fingerprint density at radius 3 is 1.38 bits per heavy atom. The summed E-state index contributed by atoms with van der Waals surface area (Å²) in [5.74, 6) is 0. The lowest BCUT2D eigenvalue weighted by molar-refractivity contribution is 0.752. The van der Waals surface area contributed by atoms with E-state index < -0.39 is 0 Å². The Hall–Kier alpha value is -5.39. The molecule has 2 nitrogen and oxygen atoms in total. The second-order valence-corrected chi connectivity index (χ2v) is 10.4. The van der Waals surface area contributed by atoms with E-state index in [-0.39, 0.29) is 5.41 Å². The van der Waals surface area contributed by atoms with Gasteiger partial charge < -0.3 is 4.90 Å². The van der Waals surface area contributed by atoms with Gasteiger partial charge in [0.2, 0.25) is 0 Å². The number of anilines is 3. The molecule has 0 N–H and O–H groups in total. The standard InChI is InChI=1S/C38H24N2/c1-39-28-22-18-26(19-23-28)27-20-24-29(25-21-27)40-36-16-8-6-14-34(36)38(35-15-7-9-17-37(35)40)32-12-4-2-10-30(32)31-11-3-5-13-33(31)38/h2-25H. The van der Waals surface area contributed by atoms with Crippen LogP contribution in [0, 0.1) is 6.57 Å². The molecule has 186 valence electrons. The van der Waals surface area contributed by atoms with E-state index in [1.807, 2.05) is 24.3 Å². The van der Waals surface area contributed by atoms with Crippen LogP contribution in [0.1, 0.15) is 22.3 Å². The topological polar surface area (TPSA) is 7.60 Å². The van der Waals surface area contributed by atoms with Gasteiger partial charge in [-0.15, -0.1) is 0 Å². The van der Waals surface area contributed by atoms with Gasteiger partial charge in [0.1, 0.15) is 0 Å². The van der Waals surface area contributed by atoms with E-state index in [1.165, 1.54) is 44.8 Å². The molecule has 6 aromatic carbocycles. The van der Waals surface area contributed by atoms with E-state index >= 15 is 0 Å². The molecule has 0 atom stereocenters. The van der Waals surface area contributed by atoms with Gasteiger partial charge in [-0.1, -0.05) is 121 Å². The minimum atomic E-state index is -0.387. The fourth-order valence-electron chi connectivity index (χ4n) is 6.87. The van der Waals surface area contributed by atoms with E-state index in [2.05, 4.69) is 131 Å². The van der Waals surface area contributed by atoms with Gasteiger partial charge in [0, 0.05) is 5.69 Å². The highest BCUT2D eigenvalue weighted by Gasteiger charge is 2.51. The highest BCUT2D eigenvalue weighted by molar-refractivity contribution is 5.95. The lowest BCUT2D eigenvalue weighted by Gasteiger charge is -2.45. The lowest BCUT2D eigenvalue weighted by atomic mass is 9.64. The fraction of sp³-hybridized carbons (Fsp3) is 0.0263. The number of fused-ring (bicyclic) bond motifs is 9. The fourth-order valence-corrected chi connectivity index (χ4v) is 6.87. The van der Waals surface area contributed by atoms with Gasteiger partial charge >= 0.3 is 0 Å². The molecule has 0 bridgehead atoms. The summed E-state index contributed by atoms with van der Waals surface area (Å²) in [6.45, 7) is 7.24. The minimum Gasteiger partial charge on any atom is -0.310 e. The van der Waals surface area contributed by atoms with Crippen molar-refractivity contribution in [2.24, 2.45) is 0 Å². The Kier molecular flexibility index (Phi) is 4.83. The van der Waals surface area contributed by atoms with E-state index in [4.69, 9.17) is 6.57 Å². The molecule has 1 aliphatic carbocycles. The van der Waals surface area contributed by atoms with E-state index in [1.54, 1.807) is 0 Å². The van der Waals surface area contributed by atoms with E-state index in [9.17, 15) is 0 Å². The molecule has 0 saturated heterocycles. The summed E-state index contributed by atoms with van der Waals surface area (Å²) < 4.78 is 0.